The molecule has 0 amide bonds. The van der Waals surface area contributed by atoms with E-state index in [0.717, 1.165) is 17.1 Å². The van der Waals surface area contributed by atoms with Gasteiger partial charge < -0.3 is 5.32 Å². The number of likely N-dealkylation sites (N-methyl/N-ethyl adjacent to an activating group) is 1. The molecule has 1 N–H and O–H groups in total. The Morgan fingerprint density at radius 3 is 2.78 bits per heavy atom. The Morgan fingerprint density at radius 2 is 2.11 bits per heavy atom. The van der Waals surface area contributed by atoms with Gasteiger partial charge in [0.2, 0.25) is 0 Å². The van der Waals surface area contributed by atoms with Crippen LogP contribution in [0.5, 0.6) is 0 Å². The third-order valence-electron chi connectivity index (χ3n) is 2.97. The molecule has 1 unspecified atom stereocenters. The topological polar surface area (TPSA) is 24.9 Å². The highest BCUT2D eigenvalue weighted by Crippen LogP contribution is 2.19. The van der Waals surface area contributed by atoms with Gasteiger partial charge in [-0.3, -0.25) is 4.98 Å². The minimum atomic E-state index is 0.211. The summed E-state index contributed by atoms with van der Waals surface area (Å²) >= 11 is 6.01. The lowest BCUT2D eigenvalue weighted by Crippen LogP contribution is -2.20. The molecule has 3 heteroatoms. The van der Waals surface area contributed by atoms with E-state index in [1.807, 2.05) is 37.5 Å². The molecule has 0 aliphatic heterocycles. The average Bonchev–Trinajstić information content (AvgIpc) is 2.36. The first kappa shape index (κ1) is 13.1. The van der Waals surface area contributed by atoms with Crippen LogP contribution in [0.3, 0.4) is 0 Å². The zero-order valence-corrected chi connectivity index (χ0v) is 11.4. The van der Waals surface area contributed by atoms with E-state index < -0.39 is 0 Å². The Morgan fingerprint density at radius 1 is 1.28 bits per heavy atom. The van der Waals surface area contributed by atoms with Crippen LogP contribution in [-0.4, -0.2) is 12.0 Å². The first-order valence-electron chi connectivity index (χ1n) is 6.03. The van der Waals surface area contributed by atoms with Crippen LogP contribution in [0.15, 0.2) is 42.6 Å². The van der Waals surface area contributed by atoms with E-state index in [-0.39, 0.29) is 6.04 Å². The summed E-state index contributed by atoms with van der Waals surface area (Å²) in [5.41, 5.74) is 3.51. The molecule has 1 atom stereocenters. The minimum absolute atomic E-state index is 0.211. The number of benzene rings is 1. The predicted molar refractivity (Wildman–Crippen MR) is 75.9 cm³/mol. The fraction of sp³-hybridized carbons (Fsp3) is 0.267. The Labute approximate surface area is 113 Å². The van der Waals surface area contributed by atoms with Crippen molar-refractivity contribution in [2.24, 2.45) is 0 Å². The second kappa shape index (κ2) is 5.98. The summed E-state index contributed by atoms with van der Waals surface area (Å²) in [5.74, 6) is 0. The van der Waals surface area contributed by atoms with E-state index in [0.29, 0.717) is 0 Å². The molecule has 0 aliphatic rings. The molecule has 1 heterocycles. The molecule has 0 bridgehead atoms. The maximum Gasteiger partial charge on any atom is 0.0579 e. The molecule has 0 saturated heterocycles. The van der Waals surface area contributed by atoms with Crippen molar-refractivity contribution in [2.75, 3.05) is 7.05 Å². The highest BCUT2D eigenvalue weighted by molar-refractivity contribution is 6.30. The maximum absolute atomic E-state index is 6.01. The molecule has 0 spiro atoms. The standard InChI is InChI=1S/C15H17ClN2/c1-11-6-7-18-15(8-11)14(17-2)10-12-4-3-5-13(16)9-12/h3-9,14,17H,10H2,1-2H3. The SMILES string of the molecule is CNC(Cc1cccc(Cl)c1)c1cc(C)ccn1. The highest BCUT2D eigenvalue weighted by atomic mass is 35.5. The van der Waals surface area contributed by atoms with Gasteiger partial charge >= 0.3 is 0 Å². The lowest BCUT2D eigenvalue weighted by atomic mass is 10.0. The number of nitrogens with one attached hydrogen (secondary N) is 1. The van der Waals surface area contributed by atoms with E-state index >= 15 is 0 Å². The van der Waals surface area contributed by atoms with Gasteiger partial charge in [0.15, 0.2) is 0 Å². The van der Waals surface area contributed by atoms with E-state index in [1.165, 1.54) is 11.1 Å². The maximum atomic E-state index is 6.01. The average molecular weight is 261 g/mol. The minimum Gasteiger partial charge on any atom is -0.311 e. The van der Waals surface area contributed by atoms with Crippen molar-refractivity contribution in [3.05, 3.63) is 64.4 Å². The molecule has 2 aromatic rings. The zero-order chi connectivity index (χ0) is 13.0. The van der Waals surface area contributed by atoms with E-state index in [9.17, 15) is 0 Å². The van der Waals surface area contributed by atoms with Gasteiger partial charge in [-0.2, -0.15) is 0 Å². The quantitative estimate of drug-likeness (QED) is 0.910. The van der Waals surface area contributed by atoms with Gasteiger partial charge in [0.05, 0.1) is 11.7 Å². The Kier molecular flexibility index (Phi) is 4.34. The number of nitrogens with zero attached hydrogens (tertiary/aromatic N) is 1. The van der Waals surface area contributed by atoms with Crippen LogP contribution in [-0.2, 0) is 6.42 Å². The normalized spacial score (nSPS) is 12.4. The molecule has 0 radical (unpaired) electrons. The second-order valence-corrected chi connectivity index (χ2v) is 4.87. The van der Waals surface area contributed by atoms with Crippen LogP contribution in [0.2, 0.25) is 5.02 Å². The molecule has 18 heavy (non-hydrogen) atoms. The third-order valence-corrected chi connectivity index (χ3v) is 3.21. The van der Waals surface area contributed by atoms with Gasteiger partial charge in [-0.05, 0) is 55.8 Å². The van der Waals surface area contributed by atoms with E-state index in [2.05, 4.69) is 29.4 Å². The largest absolute Gasteiger partial charge is 0.311 e. The lowest BCUT2D eigenvalue weighted by molar-refractivity contribution is 0.575. The molecule has 1 aromatic carbocycles. The summed E-state index contributed by atoms with van der Waals surface area (Å²) in [6.07, 6.45) is 2.74. The van der Waals surface area contributed by atoms with Gasteiger partial charge in [0, 0.05) is 11.2 Å². The van der Waals surface area contributed by atoms with Gasteiger partial charge in [0.1, 0.15) is 0 Å². The summed E-state index contributed by atoms with van der Waals surface area (Å²) in [6.45, 7) is 2.08. The molecular formula is C15H17ClN2. The Bertz CT molecular complexity index is 525. The summed E-state index contributed by atoms with van der Waals surface area (Å²) in [4.78, 5) is 4.43. The van der Waals surface area contributed by atoms with Gasteiger partial charge in [-0.1, -0.05) is 23.7 Å². The molecule has 2 rings (SSSR count). The van der Waals surface area contributed by atoms with Crippen LogP contribution in [0.25, 0.3) is 0 Å². The van der Waals surface area contributed by atoms with Gasteiger partial charge in [-0.15, -0.1) is 0 Å². The first-order valence-corrected chi connectivity index (χ1v) is 6.41. The highest BCUT2D eigenvalue weighted by Gasteiger charge is 2.11. The summed E-state index contributed by atoms with van der Waals surface area (Å²) in [7, 11) is 1.96. The molecule has 94 valence electrons. The number of aryl methyl sites for hydroxylation is 1. The Balaban J connectivity index is 2.19. The second-order valence-electron chi connectivity index (χ2n) is 4.43. The number of hydrogen-bond donors (Lipinski definition) is 1. The monoisotopic (exact) mass is 260 g/mol. The van der Waals surface area contributed by atoms with Crippen LogP contribution < -0.4 is 5.32 Å². The number of hydrogen-bond acceptors (Lipinski definition) is 2. The van der Waals surface area contributed by atoms with Crippen molar-refractivity contribution in [2.45, 2.75) is 19.4 Å². The van der Waals surface area contributed by atoms with E-state index in [1.54, 1.807) is 0 Å². The van der Waals surface area contributed by atoms with Gasteiger partial charge in [0.25, 0.3) is 0 Å². The van der Waals surface area contributed by atoms with Crippen molar-refractivity contribution in [1.29, 1.82) is 0 Å². The predicted octanol–water partition coefficient (Wildman–Crippen LogP) is 3.55. The lowest BCUT2D eigenvalue weighted by Gasteiger charge is -2.16. The van der Waals surface area contributed by atoms with Crippen LogP contribution in [0, 0.1) is 6.92 Å². The van der Waals surface area contributed by atoms with Crippen LogP contribution in [0.4, 0.5) is 0 Å². The van der Waals surface area contributed by atoms with Crippen molar-refractivity contribution >= 4 is 11.6 Å². The van der Waals surface area contributed by atoms with Crippen molar-refractivity contribution in [1.82, 2.24) is 10.3 Å². The zero-order valence-electron chi connectivity index (χ0n) is 10.7. The molecule has 0 aliphatic carbocycles. The number of pyridine rings is 1. The fourth-order valence-corrected chi connectivity index (χ4v) is 2.22. The van der Waals surface area contributed by atoms with Crippen molar-refractivity contribution in [3.63, 3.8) is 0 Å². The van der Waals surface area contributed by atoms with Crippen LogP contribution >= 0.6 is 11.6 Å². The van der Waals surface area contributed by atoms with Crippen molar-refractivity contribution in [3.8, 4) is 0 Å². The molecular weight excluding hydrogens is 244 g/mol. The summed E-state index contributed by atoms with van der Waals surface area (Å²) < 4.78 is 0. The number of halogens is 1. The molecule has 0 saturated carbocycles. The summed E-state index contributed by atoms with van der Waals surface area (Å²) in [6, 6.07) is 12.3. The molecule has 2 nitrogen and oxygen atoms in total. The Hall–Kier alpha value is -1.38. The number of aromatic nitrogens is 1. The fourth-order valence-electron chi connectivity index (χ4n) is 2.00. The first-order chi connectivity index (χ1) is 8.69. The third kappa shape index (κ3) is 3.31. The number of rotatable bonds is 4. The molecule has 1 aromatic heterocycles. The van der Waals surface area contributed by atoms with Gasteiger partial charge in [-0.25, -0.2) is 0 Å². The van der Waals surface area contributed by atoms with Crippen molar-refractivity contribution < 1.29 is 0 Å². The summed E-state index contributed by atoms with van der Waals surface area (Å²) in [5, 5.41) is 4.09. The smallest absolute Gasteiger partial charge is 0.0579 e. The van der Waals surface area contributed by atoms with Crippen LogP contribution in [0.1, 0.15) is 22.9 Å². The van der Waals surface area contributed by atoms with E-state index in [4.69, 9.17) is 11.6 Å². The molecule has 0 fully saturated rings.